The van der Waals surface area contributed by atoms with Gasteiger partial charge in [0.15, 0.2) is 0 Å². The molecule has 1 amide bonds. The highest BCUT2D eigenvalue weighted by Gasteiger charge is 2.29. The number of benzene rings is 2. The third-order valence-corrected chi connectivity index (χ3v) is 4.96. The first kappa shape index (κ1) is 16.1. The van der Waals surface area contributed by atoms with Crippen LogP contribution in [0.5, 0.6) is 5.75 Å². The number of carbonyl (C=O) groups excluding carboxylic acids is 1. The lowest BCUT2D eigenvalue weighted by Gasteiger charge is -2.25. The molecular weight excluding hydrogens is 354 g/mol. The number of para-hydroxylation sites is 1. The summed E-state index contributed by atoms with van der Waals surface area (Å²) >= 11 is 3.45. The lowest BCUT2D eigenvalue weighted by atomic mass is 10.0. The molecule has 1 N–H and O–H groups in total. The van der Waals surface area contributed by atoms with E-state index in [1.165, 1.54) is 5.56 Å². The Morgan fingerprint density at radius 3 is 2.65 bits per heavy atom. The first-order valence-corrected chi connectivity index (χ1v) is 8.76. The van der Waals surface area contributed by atoms with E-state index in [0.29, 0.717) is 12.8 Å². The monoisotopic (exact) mass is 373 g/mol. The summed E-state index contributed by atoms with van der Waals surface area (Å²) < 4.78 is 1.05. The van der Waals surface area contributed by atoms with Gasteiger partial charge in [0, 0.05) is 17.4 Å². The largest absolute Gasteiger partial charge is 0.508 e. The summed E-state index contributed by atoms with van der Waals surface area (Å²) in [6, 6.07) is 15.6. The smallest absolute Gasteiger partial charge is 0.223 e. The molecule has 1 atom stereocenters. The molecule has 120 valence electrons. The van der Waals surface area contributed by atoms with Crippen molar-refractivity contribution >= 4 is 21.8 Å². The molecule has 0 unspecified atom stereocenters. The van der Waals surface area contributed by atoms with Crippen LogP contribution >= 0.6 is 15.9 Å². The molecule has 0 saturated carbocycles. The average Bonchev–Trinajstić information content (AvgIpc) is 3.04. The molecule has 2 aromatic carbocycles. The number of rotatable bonds is 4. The van der Waals surface area contributed by atoms with E-state index in [9.17, 15) is 9.90 Å². The fourth-order valence-electron chi connectivity index (χ4n) is 3.20. The van der Waals surface area contributed by atoms with Gasteiger partial charge in [-0.05, 0) is 48.6 Å². The number of phenols is 1. The van der Waals surface area contributed by atoms with Gasteiger partial charge in [0.1, 0.15) is 5.75 Å². The fourth-order valence-corrected chi connectivity index (χ4v) is 3.47. The number of likely N-dealkylation sites (tertiary alicyclic amines) is 1. The van der Waals surface area contributed by atoms with Crippen LogP contribution in [0.15, 0.2) is 53.0 Å². The van der Waals surface area contributed by atoms with Crippen molar-refractivity contribution in [2.45, 2.75) is 31.7 Å². The van der Waals surface area contributed by atoms with Gasteiger partial charge < -0.3 is 10.0 Å². The Bertz CT molecular complexity index is 684. The molecule has 0 spiro atoms. The highest BCUT2D eigenvalue weighted by atomic mass is 79.9. The number of hydrogen-bond donors (Lipinski definition) is 1. The Morgan fingerprint density at radius 1 is 1.17 bits per heavy atom. The Balaban J connectivity index is 1.66. The highest BCUT2D eigenvalue weighted by molar-refractivity contribution is 9.10. The first-order chi connectivity index (χ1) is 11.1. The molecule has 23 heavy (non-hydrogen) atoms. The van der Waals surface area contributed by atoms with E-state index in [0.717, 1.165) is 29.4 Å². The molecular formula is C19H20BrNO2. The number of hydrogen-bond acceptors (Lipinski definition) is 2. The zero-order chi connectivity index (χ0) is 16.2. The van der Waals surface area contributed by atoms with Crippen molar-refractivity contribution in [2.75, 3.05) is 6.54 Å². The lowest BCUT2D eigenvalue weighted by Crippen LogP contribution is -2.30. The molecule has 0 radical (unpaired) electrons. The van der Waals surface area contributed by atoms with Gasteiger partial charge >= 0.3 is 0 Å². The minimum atomic E-state index is 0.165. The van der Waals surface area contributed by atoms with Crippen LogP contribution in [-0.2, 0) is 11.2 Å². The van der Waals surface area contributed by atoms with E-state index < -0.39 is 0 Å². The van der Waals surface area contributed by atoms with Gasteiger partial charge in [-0.25, -0.2) is 0 Å². The molecule has 0 aliphatic carbocycles. The molecule has 4 heteroatoms. The van der Waals surface area contributed by atoms with Crippen LogP contribution in [0.4, 0.5) is 0 Å². The number of amides is 1. The highest BCUT2D eigenvalue weighted by Crippen LogP contribution is 2.33. The number of aromatic hydroxyl groups is 1. The quantitative estimate of drug-likeness (QED) is 0.859. The third kappa shape index (κ3) is 3.75. The van der Waals surface area contributed by atoms with Crippen LogP contribution in [0.1, 0.15) is 36.4 Å². The second-order valence-corrected chi connectivity index (χ2v) is 6.84. The standard InChI is InChI=1S/C19H20BrNO2/c20-16-10-7-14(8-11-16)17-5-3-13-21(17)19(23)12-9-15-4-1-2-6-18(15)22/h1-2,4,6-8,10-11,17,22H,3,5,9,12-13H2/t17-/m0/s1. The summed E-state index contributed by atoms with van der Waals surface area (Å²) in [4.78, 5) is 14.6. The molecule has 0 bridgehead atoms. The van der Waals surface area contributed by atoms with E-state index in [1.807, 2.05) is 29.2 Å². The minimum Gasteiger partial charge on any atom is -0.508 e. The average molecular weight is 374 g/mol. The van der Waals surface area contributed by atoms with E-state index in [4.69, 9.17) is 0 Å². The molecule has 1 heterocycles. The topological polar surface area (TPSA) is 40.5 Å². The van der Waals surface area contributed by atoms with Crippen LogP contribution in [0, 0.1) is 0 Å². The summed E-state index contributed by atoms with van der Waals surface area (Å²) in [6.45, 7) is 0.820. The summed E-state index contributed by atoms with van der Waals surface area (Å²) in [5, 5.41) is 9.82. The maximum atomic E-state index is 12.6. The van der Waals surface area contributed by atoms with Crippen molar-refractivity contribution in [1.82, 2.24) is 4.90 Å². The van der Waals surface area contributed by atoms with Crippen molar-refractivity contribution in [3.05, 3.63) is 64.1 Å². The number of carbonyl (C=O) groups is 1. The van der Waals surface area contributed by atoms with Crippen LogP contribution in [0.25, 0.3) is 0 Å². The third-order valence-electron chi connectivity index (χ3n) is 4.43. The van der Waals surface area contributed by atoms with Gasteiger partial charge in [-0.3, -0.25) is 4.79 Å². The summed E-state index contributed by atoms with van der Waals surface area (Å²) in [5.74, 6) is 0.435. The maximum absolute atomic E-state index is 12.6. The first-order valence-electron chi connectivity index (χ1n) is 7.97. The molecule has 3 nitrogen and oxygen atoms in total. The zero-order valence-corrected chi connectivity index (χ0v) is 14.5. The molecule has 1 fully saturated rings. The zero-order valence-electron chi connectivity index (χ0n) is 12.9. The fraction of sp³-hybridized carbons (Fsp3) is 0.316. The second kappa shape index (κ2) is 7.18. The Hall–Kier alpha value is -1.81. The molecule has 1 aliphatic heterocycles. The van der Waals surface area contributed by atoms with E-state index >= 15 is 0 Å². The second-order valence-electron chi connectivity index (χ2n) is 5.93. The van der Waals surface area contributed by atoms with Gasteiger partial charge in [-0.15, -0.1) is 0 Å². The SMILES string of the molecule is O=C(CCc1ccccc1O)N1CCC[C@H]1c1ccc(Br)cc1. The van der Waals surface area contributed by atoms with Crippen molar-refractivity contribution in [2.24, 2.45) is 0 Å². The molecule has 1 saturated heterocycles. The van der Waals surface area contributed by atoms with Crippen molar-refractivity contribution in [3.8, 4) is 5.75 Å². The summed E-state index contributed by atoms with van der Waals surface area (Å²) in [6.07, 6.45) is 3.08. The van der Waals surface area contributed by atoms with E-state index in [1.54, 1.807) is 12.1 Å². The van der Waals surface area contributed by atoms with Gasteiger partial charge in [0.05, 0.1) is 6.04 Å². The van der Waals surface area contributed by atoms with E-state index in [-0.39, 0.29) is 17.7 Å². The van der Waals surface area contributed by atoms with Crippen LogP contribution in [-0.4, -0.2) is 22.5 Å². The maximum Gasteiger partial charge on any atom is 0.223 e. The van der Waals surface area contributed by atoms with E-state index in [2.05, 4.69) is 28.1 Å². The van der Waals surface area contributed by atoms with Crippen LogP contribution in [0.2, 0.25) is 0 Å². The Labute approximate surface area is 145 Å². The molecule has 1 aliphatic rings. The predicted octanol–water partition coefficient (Wildman–Crippen LogP) is 4.45. The number of nitrogens with zero attached hydrogens (tertiary/aromatic N) is 1. The van der Waals surface area contributed by atoms with Crippen molar-refractivity contribution < 1.29 is 9.90 Å². The summed E-state index contributed by atoms with van der Waals surface area (Å²) in [5.41, 5.74) is 2.03. The Morgan fingerprint density at radius 2 is 1.91 bits per heavy atom. The number of aryl methyl sites for hydroxylation is 1. The predicted molar refractivity (Wildman–Crippen MR) is 94.3 cm³/mol. The lowest BCUT2D eigenvalue weighted by molar-refractivity contribution is -0.132. The summed E-state index contributed by atoms with van der Waals surface area (Å²) in [7, 11) is 0. The number of phenolic OH excluding ortho intramolecular Hbond substituents is 1. The molecule has 0 aromatic heterocycles. The van der Waals surface area contributed by atoms with Crippen molar-refractivity contribution in [1.29, 1.82) is 0 Å². The van der Waals surface area contributed by atoms with Crippen LogP contribution in [0.3, 0.4) is 0 Å². The van der Waals surface area contributed by atoms with Gasteiger partial charge in [0.2, 0.25) is 5.91 Å². The van der Waals surface area contributed by atoms with Gasteiger partial charge in [-0.2, -0.15) is 0 Å². The normalized spacial score (nSPS) is 17.4. The van der Waals surface area contributed by atoms with Gasteiger partial charge in [0.25, 0.3) is 0 Å². The van der Waals surface area contributed by atoms with Crippen LogP contribution < -0.4 is 0 Å². The van der Waals surface area contributed by atoms with Gasteiger partial charge in [-0.1, -0.05) is 46.3 Å². The van der Waals surface area contributed by atoms with Crippen molar-refractivity contribution in [3.63, 3.8) is 0 Å². The molecule has 2 aromatic rings. The number of halogens is 1. The molecule has 3 rings (SSSR count). The minimum absolute atomic E-state index is 0.165. The Kier molecular flexibility index (Phi) is 5.01.